The van der Waals surface area contributed by atoms with Crippen molar-refractivity contribution in [3.8, 4) is 11.5 Å². The number of hydrogen-bond acceptors (Lipinski definition) is 4. The molecule has 1 atom stereocenters. The van der Waals surface area contributed by atoms with Gasteiger partial charge in [-0.1, -0.05) is 16.8 Å². The van der Waals surface area contributed by atoms with Gasteiger partial charge in [0.15, 0.2) is 11.6 Å². The van der Waals surface area contributed by atoms with Crippen LogP contribution in [0.25, 0.3) is 11.0 Å². The van der Waals surface area contributed by atoms with Crippen LogP contribution in [0.1, 0.15) is 18.5 Å². The lowest BCUT2D eigenvalue weighted by molar-refractivity contribution is -0.137. The predicted molar refractivity (Wildman–Crippen MR) is 87.9 cm³/mol. The van der Waals surface area contributed by atoms with Gasteiger partial charge in [0.05, 0.1) is 16.1 Å². The molecule has 1 unspecified atom stereocenters. The molecule has 3 aromatic rings. The molecule has 0 spiro atoms. The molecule has 0 radical (unpaired) electrons. The lowest BCUT2D eigenvalue weighted by Gasteiger charge is -2.13. The van der Waals surface area contributed by atoms with Crippen molar-refractivity contribution in [1.29, 1.82) is 0 Å². The van der Waals surface area contributed by atoms with Crippen molar-refractivity contribution in [2.75, 3.05) is 0 Å². The number of fused-ring (bicyclic) bond motifs is 1. The van der Waals surface area contributed by atoms with E-state index in [2.05, 4.69) is 10.3 Å². The van der Waals surface area contributed by atoms with E-state index < -0.39 is 40.3 Å². The first-order valence-electron chi connectivity index (χ1n) is 7.46. The number of carbonyl (C=O) groups is 1. The summed E-state index contributed by atoms with van der Waals surface area (Å²) in [5.74, 6) is -2.42. The molecule has 0 bridgehead atoms. The smallest absolute Gasteiger partial charge is 0.416 e. The number of carbonyl (C=O) groups excluding carboxylic acids is 1. The normalized spacial score (nSPS) is 13.0. The van der Waals surface area contributed by atoms with Crippen LogP contribution in [-0.2, 0) is 11.0 Å². The van der Waals surface area contributed by atoms with Gasteiger partial charge in [-0.3, -0.25) is 4.79 Å². The van der Waals surface area contributed by atoms with Crippen molar-refractivity contribution in [2.45, 2.75) is 19.1 Å². The van der Waals surface area contributed by atoms with Crippen LogP contribution in [0.5, 0.6) is 11.5 Å². The first-order valence-corrected chi connectivity index (χ1v) is 7.84. The molecule has 0 saturated carbocycles. The molecule has 1 aromatic heterocycles. The van der Waals surface area contributed by atoms with Gasteiger partial charge in [-0.2, -0.15) is 13.2 Å². The number of amides is 1. The molecular weight excluding hydrogens is 392 g/mol. The first kappa shape index (κ1) is 18.9. The van der Waals surface area contributed by atoms with Crippen molar-refractivity contribution in [1.82, 2.24) is 15.0 Å². The molecule has 27 heavy (non-hydrogen) atoms. The molecule has 11 heteroatoms. The minimum Gasteiger partial charge on any atom is -0.453 e. The van der Waals surface area contributed by atoms with Crippen molar-refractivity contribution < 1.29 is 27.1 Å². The van der Waals surface area contributed by atoms with Crippen molar-refractivity contribution >= 4 is 28.5 Å². The van der Waals surface area contributed by atoms with Gasteiger partial charge in [0.25, 0.3) is 0 Å². The quantitative estimate of drug-likeness (QED) is 0.666. The minimum atomic E-state index is -4.75. The van der Waals surface area contributed by atoms with Crippen LogP contribution in [0, 0.1) is 5.82 Å². The van der Waals surface area contributed by atoms with Gasteiger partial charge >= 0.3 is 6.18 Å². The second-order valence-electron chi connectivity index (χ2n) is 5.63. The van der Waals surface area contributed by atoms with Gasteiger partial charge in [-0.25, -0.2) is 9.07 Å². The topological polar surface area (TPSA) is 83.0 Å². The second-order valence-corrected chi connectivity index (χ2v) is 6.04. The fourth-order valence-corrected chi connectivity index (χ4v) is 2.57. The van der Waals surface area contributed by atoms with E-state index >= 15 is 0 Å². The molecule has 1 amide bonds. The third-order valence-corrected chi connectivity index (χ3v) is 4.05. The van der Waals surface area contributed by atoms with Gasteiger partial charge in [0.1, 0.15) is 17.3 Å². The molecule has 0 aliphatic rings. The van der Waals surface area contributed by atoms with Crippen molar-refractivity contribution in [3.63, 3.8) is 0 Å². The van der Waals surface area contributed by atoms with E-state index in [1.165, 1.54) is 29.8 Å². The van der Waals surface area contributed by atoms with Crippen LogP contribution in [0.15, 0.2) is 30.3 Å². The van der Waals surface area contributed by atoms with Crippen LogP contribution < -0.4 is 10.5 Å². The van der Waals surface area contributed by atoms with Crippen LogP contribution in [0.4, 0.5) is 17.6 Å². The summed E-state index contributed by atoms with van der Waals surface area (Å²) >= 11 is 5.75. The van der Waals surface area contributed by atoms with E-state index in [-0.39, 0.29) is 5.75 Å². The summed E-state index contributed by atoms with van der Waals surface area (Å²) in [4.78, 5) is 11.4. The molecule has 0 aliphatic carbocycles. The fourth-order valence-electron chi connectivity index (χ4n) is 2.32. The zero-order valence-electron chi connectivity index (χ0n) is 13.6. The average molecular weight is 403 g/mol. The highest BCUT2D eigenvalue weighted by molar-refractivity contribution is 6.32. The van der Waals surface area contributed by atoms with Gasteiger partial charge in [0.2, 0.25) is 5.91 Å². The highest BCUT2D eigenvalue weighted by atomic mass is 35.5. The number of benzene rings is 2. The number of primary amides is 1. The zero-order chi connectivity index (χ0) is 19.9. The highest BCUT2D eigenvalue weighted by Crippen LogP contribution is 2.39. The predicted octanol–water partition coefficient (Wildman–Crippen LogP) is 4.08. The Morgan fingerprint density at radius 1 is 1.30 bits per heavy atom. The van der Waals surface area contributed by atoms with Gasteiger partial charge in [-0.05, 0) is 31.2 Å². The maximum Gasteiger partial charge on any atom is 0.416 e. The number of aromatic nitrogens is 3. The van der Waals surface area contributed by atoms with Crippen LogP contribution >= 0.6 is 11.6 Å². The molecule has 142 valence electrons. The van der Waals surface area contributed by atoms with Crippen molar-refractivity contribution in [2.24, 2.45) is 5.73 Å². The number of hydrogen-bond donors (Lipinski definition) is 1. The van der Waals surface area contributed by atoms with Crippen LogP contribution in [0.2, 0.25) is 5.02 Å². The number of nitrogens with zero attached hydrogens (tertiary/aromatic N) is 3. The molecule has 6 nitrogen and oxygen atoms in total. The Morgan fingerprint density at radius 2 is 2.00 bits per heavy atom. The second kappa shape index (κ2) is 6.69. The summed E-state index contributed by atoms with van der Waals surface area (Å²) in [6, 6.07) is 4.33. The van der Waals surface area contributed by atoms with E-state index in [9.17, 15) is 22.4 Å². The number of halogens is 5. The third kappa shape index (κ3) is 3.65. The maximum absolute atomic E-state index is 14.1. The Balaban J connectivity index is 2.00. The van der Waals surface area contributed by atoms with Gasteiger partial charge < -0.3 is 10.5 Å². The number of alkyl halides is 3. The van der Waals surface area contributed by atoms with Gasteiger partial charge in [0, 0.05) is 6.07 Å². The largest absolute Gasteiger partial charge is 0.453 e. The van der Waals surface area contributed by atoms with Crippen LogP contribution in [-0.4, -0.2) is 20.9 Å². The number of nitrogens with two attached hydrogens (primary N) is 1. The van der Waals surface area contributed by atoms with E-state index in [0.717, 1.165) is 0 Å². The molecule has 0 fully saturated rings. The monoisotopic (exact) mass is 402 g/mol. The first-order chi connectivity index (χ1) is 12.6. The standard InChI is InChI=1S/C16H11ClF4N4O2/c1-7(15(22)26)25-13-6-9(2-3-12(13)23-24-25)27-14-10(17)4-8(5-11(14)18)16(19,20)21/h2-7H,1H3,(H2,22,26). The summed E-state index contributed by atoms with van der Waals surface area (Å²) in [5, 5.41) is 7.15. The number of ether oxygens (including phenoxy) is 1. The average Bonchev–Trinajstić information content (AvgIpc) is 2.99. The lowest BCUT2D eigenvalue weighted by Crippen LogP contribution is -2.24. The minimum absolute atomic E-state index is 0.0586. The highest BCUT2D eigenvalue weighted by Gasteiger charge is 2.32. The Kier molecular flexibility index (Phi) is 4.68. The summed E-state index contributed by atoms with van der Waals surface area (Å²) in [6.07, 6.45) is -4.75. The molecule has 2 aromatic carbocycles. The van der Waals surface area contributed by atoms with Crippen molar-refractivity contribution in [3.05, 3.63) is 46.7 Å². The Morgan fingerprint density at radius 3 is 2.59 bits per heavy atom. The Hall–Kier alpha value is -2.88. The van der Waals surface area contributed by atoms with E-state index in [4.69, 9.17) is 22.1 Å². The summed E-state index contributed by atoms with van der Waals surface area (Å²) in [5.41, 5.74) is 4.79. The summed E-state index contributed by atoms with van der Waals surface area (Å²) in [7, 11) is 0. The maximum atomic E-state index is 14.1. The molecule has 0 aliphatic heterocycles. The number of rotatable bonds is 4. The Bertz CT molecular complexity index is 1010. The molecule has 2 N–H and O–H groups in total. The lowest BCUT2D eigenvalue weighted by atomic mass is 10.2. The van der Waals surface area contributed by atoms with Gasteiger partial charge in [-0.15, -0.1) is 5.10 Å². The van der Waals surface area contributed by atoms with E-state index in [0.29, 0.717) is 23.2 Å². The molecular formula is C16H11ClF4N4O2. The molecule has 1 heterocycles. The molecule has 3 rings (SSSR count). The zero-order valence-corrected chi connectivity index (χ0v) is 14.3. The van der Waals surface area contributed by atoms with E-state index in [1.807, 2.05) is 0 Å². The van der Waals surface area contributed by atoms with Crippen LogP contribution in [0.3, 0.4) is 0 Å². The van der Waals surface area contributed by atoms with E-state index in [1.54, 1.807) is 0 Å². The Labute approximate surface area is 154 Å². The third-order valence-electron chi connectivity index (χ3n) is 3.77. The SMILES string of the molecule is CC(C(N)=O)n1nnc2ccc(Oc3c(F)cc(C(F)(F)F)cc3Cl)cc21. The summed E-state index contributed by atoms with van der Waals surface area (Å²) in [6.45, 7) is 1.51. The molecule has 0 saturated heterocycles. The fraction of sp³-hybridized carbons (Fsp3) is 0.188. The summed E-state index contributed by atoms with van der Waals surface area (Å²) < 4.78 is 58.8.